The first-order valence-electron chi connectivity index (χ1n) is 0.781. The fourth-order valence-corrected chi connectivity index (χ4v) is 0. The first-order valence-corrected chi connectivity index (χ1v) is 0.781. The third kappa shape index (κ3) is 44.8. The molecule has 0 aliphatic rings. The Labute approximate surface area is 35.7 Å². The van der Waals surface area contributed by atoms with Gasteiger partial charge in [-0.3, -0.25) is 0 Å². The van der Waals surface area contributed by atoms with Crippen LogP contribution >= 0.6 is 0 Å². The van der Waals surface area contributed by atoms with Crippen molar-refractivity contribution in [3.63, 3.8) is 0 Å². The molecule has 32 valence electrons. The lowest BCUT2D eigenvalue weighted by Crippen LogP contribution is -3.00. The van der Waals surface area contributed by atoms with E-state index in [-0.39, 0.29) is 12.4 Å². The lowest BCUT2D eigenvalue weighted by molar-refractivity contribution is -0.00000446. The van der Waals surface area contributed by atoms with Crippen molar-refractivity contribution >= 4 is 6.03 Å². The molecule has 0 bridgehead atoms. The number of hydrogen-bond donors (Lipinski definition) is 2. The second-order valence-corrected chi connectivity index (χ2v) is 0.402. The Hall–Kier alpha value is -0.440. The Morgan fingerprint density at radius 2 is 1.40 bits per heavy atom. The Balaban J connectivity index is 0. The van der Waals surface area contributed by atoms with Crippen molar-refractivity contribution in [1.29, 1.82) is 0 Å². The molecular weight excluding hydrogens is 91.5 g/mol. The van der Waals surface area contributed by atoms with Gasteiger partial charge in [0.2, 0.25) is 0 Å². The SMILES string of the molecule is NC(N)=O.[Cl-]. The van der Waals surface area contributed by atoms with Crippen LogP contribution in [0.2, 0.25) is 0 Å². The number of primary amides is 2. The second-order valence-electron chi connectivity index (χ2n) is 0.402. The van der Waals surface area contributed by atoms with Crippen molar-refractivity contribution in [2.24, 2.45) is 11.5 Å². The van der Waals surface area contributed by atoms with Crippen LogP contribution in [-0.4, -0.2) is 6.03 Å². The number of rotatable bonds is 0. The maximum absolute atomic E-state index is 9.00. The van der Waals surface area contributed by atoms with Gasteiger partial charge in [0.25, 0.3) is 0 Å². The molecule has 4 N–H and O–H groups in total. The van der Waals surface area contributed by atoms with Crippen LogP contribution in [-0.2, 0) is 0 Å². The summed E-state index contributed by atoms with van der Waals surface area (Å²) < 4.78 is 0. The summed E-state index contributed by atoms with van der Waals surface area (Å²) >= 11 is 0. The molecule has 0 unspecified atom stereocenters. The van der Waals surface area contributed by atoms with E-state index in [0.29, 0.717) is 0 Å². The van der Waals surface area contributed by atoms with Crippen LogP contribution < -0.4 is 23.9 Å². The van der Waals surface area contributed by atoms with E-state index in [2.05, 4.69) is 11.5 Å². The number of nitrogens with two attached hydrogens (primary N) is 2. The molecule has 0 rings (SSSR count). The third-order valence-corrected chi connectivity index (χ3v) is 0. The van der Waals surface area contributed by atoms with Crippen LogP contribution in [0.3, 0.4) is 0 Å². The molecule has 0 aliphatic carbocycles. The molecule has 0 saturated heterocycles. The van der Waals surface area contributed by atoms with Crippen molar-refractivity contribution in [3.8, 4) is 0 Å². The van der Waals surface area contributed by atoms with Gasteiger partial charge in [-0.25, -0.2) is 4.79 Å². The molecule has 0 radical (unpaired) electrons. The zero-order valence-corrected chi connectivity index (χ0v) is 3.20. The normalized spacial score (nSPS) is 4.80. The molecule has 0 fully saturated rings. The average Bonchev–Trinajstić information content (AvgIpc) is 0.811. The maximum atomic E-state index is 9.00. The van der Waals surface area contributed by atoms with E-state index < -0.39 is 6.03 Å². The van der Waals surface area contributed by atoms with E-state index in [4.69, 9.17) is 4.79 Å². The fourth-order valence-electron chi connectivity index (χ4n) is 0. The molecule has 0 aromatic heterocycles. The van der Waals surface area contributed by atoms with Crippen LogP contribution in [0.15, 0.2) is 0 Å². The maximum Gasteiger partial charge on any atom is 0.309 e. The van der Waals surface area contributed by atoms with Crippen molar-refractivity contribution in [3.05, 3.63) is 0 Å². The van der Waals surface area contributed by atoms with Crippen molar-refractivity contribution < 1.29 is 17.2 Å². The Morgan fingerprint density at radius 1 is 1.40 bits per heavy atom. The molecule has 0 spiro atoms. The van der Waals surface area contributed by atoms with E-state index in [1.54, 1.807) is 0 Å². The molecule has 0 aromatic rings. The quantitative estimate of drug-likeness (QED) is 0.317. The largest absolute Gasteiger partial charge is 1.00 e. The number of hydrogen-bond acceptors (Lipinski definition) is 1. The highest BCUT2D eigenvalue weighted by molar-refractivity contribution is 5.69. The summed E-state index contributed by atoms with van der Waals surface area (Å²) in [4.78, 5) is 9.00. The zero-order chi connectivity index (χ0) is 3.58. The third-order valence-electron chi connectivity index (χ3n) is 0. The molecule has 0 atom stereocenters. The number of halogens is 1. The Bertz CT molecular complexity index is 32.6. The van der Waals surface area contributed by atoms with E-state index >= 15 is 0 Å². The molecule has 5 heavy (non-hydrogen) atoms. The highest BCUT2D eigenvalue weighted by Crippen LogP contribution is 1.25. The molecule has 4 heteroatoms. The highest BCUT2D eigenvalue weighted by Gasteiger charge is 1.60. The number of carbonyl (C=O) groups excluding carboxylic acids is 1. The van der Waals surface area contributed by atoms with Gasteiger partial charge in [0.15, 0.2) is 0 Å². The van der Waals surface area contributed by atoms with Crippen LogP contribution in [0.5, 0.6) is 0 Å². The van der Waals surface area contributed by atoms with E-state index in [9.17, 15) is 0 Å². The van der Waals surface area contributed by atoms with Crippen LogP contribution in [0, 0.1) is 0 Å². The molecule has 0 saturated carbocycles. The number of carbonyl (C=O) groups is 1. The van der Waals surface area contributed by atoms with Crippen LogP contribution in [0.1, 0.15) is 0 Å². The molecule has 0 aliphatic heterocycles. The number of amides is 2. The van der Waals surface area contributed by atoms with E-state index in [0.717, 1.165) is 0 Å². The van der Waals surface area contributed by atoms with Crippen LogP contribution in [0.25, 0.3) is 0 Å². The predicted octanol–water partition coefficient (Wildman–Crippen LogP) is -3.97. The minimum atomic E-state index is -0.833. The molecule has 0 heterocycles. The Morgan fingerprint density at radius 3 is 1.40 bits per heavy atom. The van der Waals surface area contributed by atoms with E-state index in [1.165, 1.54) is 0 Å². The summed E-state index contributed by atoms with van der Waals surface area (Å²) in [6.07, 6.45) is 0. The van der Waals surface area contributed by atoms with Gasteiger partial charge in [-0.1, -0.05) is 0 Å². The van der Waals surface area contributed by atoms with Gasteiger partial charge in [0.05, 0.1) is 0 Å². The lowest BCUT2D eigenvalue weighted by atomic mass is 11.2. The lowest BCUT2D eigenvalue weighted by Gasteiger charge is -1.62. The summed E-state index contributed by atoms with van der Waals surface area (Å²) in [6, 6.07) is -0.833. The average molecular weight is 95.5 g/mol. The minimum absolute atomic E-state index is 0. The van der Waals surface area contributed by atoms with Gasteiger partial charge in [-0.15, -0.1) is 0 Å². The van der Waals surface area contributed by atoms with Gasteiger partial charge >= 0.3 is 6.03 Å². The second kappa shape index (κ2) is 3.56. The zero-order valence-electron chi connectivity index (χ0n) is 2.44. The smallest absolute Gasteiger partial charge is 0.309 e. The van der Waals surface area contributed by atoms with Gasteiger partial charge in [-0.2, -0.15) is 0 Å². The van der Waals surface area contributed by atoms with E-state index in [1.807, 2.05) is 0 Å². The Kier molecular flexibility index (Phi) is 6.28. The van der Waals surface area contributed by atoms with Gasteiger partial charge in [-0.05, 0) is 0 Å². The van der Waals surface area contributed by atoms with Crippen molar-refractivity contribution in [2.75, 3.05) is 0 Å². The summed E-state index contributed by atoms with van der Waals surface area (Å²) in [7, 11) is 0. The van der Waals surface area contributed by atoms with Gasteiger partial charge in [0.1, 0.15) is 0 Å². The molecule has 3 nitrogen and oxygen atoms in total. The monoisotopic (exact) mass is 95.0 g/mol. The predicted molar refractivity (Wildman–Crippen MR) is 13.8 cm³/mol. The first-order chi connectivity index (χ1) is 1.73. The topological polar surface area (TPSA) is 69.1 Å². The van der Waals surface area contributed by atoms with Gasteiger partial charge in [0, 0.05) is 0 Å². The summed E-state index contributed by atoms with van der Waals surface area (Å²) in [5.74, 6) is 0. The fraction of sp³-hybridized carbons (Fsp3) is 0. The number of urea groups is 1. The van der Waals surface area contributed by atoms with Crippen molar-refractivity contribution in [2.45, 2.75) is 0 Å². The summed E-state index contributed by atoms with van der Waals surface area (Å²) in [5, 5.41) is 0. The molecule has 2 amide bonds. The van der Waals surface area contributed by atoms with Gasteiger partial charge < -0.3 is 23.9 Å². The molecular formula is CH4ClN2O-. The minimum Gasteiger partial charge on any atom is -1.00 e. The first kappa shape index (κ1) is 8.82. The summed E-state index contributed by atoms with van der Waals surface area (Å²) in [5.41, 5.74) is 8.50. The van der Waals surface area contributed by atoms with Crippen LogP contribution in [0.4, 0.5) is 4.79 Å². The standard InChI is InChI=1S/CH4N2O.ClH/c2-1(3)4;/h(H4,2,3,4);1H/p-1. The molecule has 0 aromatic carbocycles. The van der Waals surface area contributed by atoms with Crippen molar-refractivity contribution in [1.82, 2.24) is 0 Å². The summed E-state index contributed by atoms with van der Waals surface area (Å²) in [6.45, 7) is 0. The highest BCUT2D eigenvalue weighted by atomic mass is 35.5.